The number of hydrogen-bond donors (Lipinski definition) is 3. The predicted molar refractivity (Wildman–Crippen MR) is 98.8 cm³/mol. The molecule has 0 saturated carbocycles. The molecule has 0 bridgehead atoms. The Morgan fingerprint density at radius 2 is 1.96 bits per heavy atom. The fourth-order valence-electron chi connectivity index (χ4n) is 2.40. The lowest BCUT2D eigenvalue weighted by molar-refractivity contribution is -0.136. The van der Waals surface area contributed by atoms with Gasteiger partial charge in [0.05, 0.1) is 12.3 Å². The largest absolute Gasteiger partial charge is 0.370 e. The number of anilines is 2. The van der Waals surface area contributed by atoms with Gasteiger partial charge in [-0.2, -0.15) is 0 Å². The molecule has 9 nitrogen and oxygen atoms in total. The number of benzene rings is 1. The molecule has 1 aromatic carbocycles. The number of morpholine rings is 1. The lowest BCUT2D eigenvalue weighted by Gasteiger charge is -2.27. The second-order valence-electron chi connectivity index (χ2n) is 7.31. The lowest BCUT2D eigenvalue weighted by Crippen LogP contribution is -2.54. The number of ether oxygens (including phenoxy) is 1. The molecule has 28 heavy (non-hydrogen) atoms. The van der Waals surface area contributed by atoms with Crippen molar-refractivity contribution in [1.29, 1.82) is 0 Å². The Morgan fingerprint density at radius 1 is 1.29 bits per heavy atom. The predicted octanol–water partition coefficient (Wildman–Crippen LogP) is 0.144. The molecule has 0 unspecified atom stereocenters. The minimum absolute atomic E-state index is 0.0446. The molecule has 1 aromatic rings. The van der Waals surface area contributed by atoms with Crippen molar-refractivity contribution in [2.45, 2.75) is 26.8 Å². The van der Waals surface area contributed by atoms with Crippen molar-refractivity contribution in [3.8, 4) is 0 Å². The first kappa shape index (κ1) is 21.3. The summed E-state index contributed by atoms with van der Waals surface area (Å²) in [4.78, 5) is 49.0. The maximum atomic E-state index is 14.4. The molecule has 1 saturated heterocycles. The standard InChI is InChI=1S/C18H23FN4O5/c1-18(2,3)17(27)22-14(15(20)25)16(26)21-10-4-5-12(11(19)8-10)23-6-7-28-9-13(23)24/h4-5,8,14H,6-7,9H2,1-3H3,(H2,20,25)(H,21,26)(H,22,27)/t14-/m0/s1. The van der Waals surface area contributed by atoms with Gasteiger partial charge in [0.1, 0.15) is 12.4 Å². The molecule has 152 valence electrons. The molecule has 1 fully saturated rings. The van der Waals surface area contributed by atoms with Crippen molar-refractivity contribution in [3.63, 3.8) is 0 Å². The van der Waals surface area contributed by atoms with Gasteiger partial charge in [-0.1, -0.05) is 20.8 Å². The lowest BCUT2D eigenvalue weighted by atomic mass is 9.95. The summed E-state index contributed by atoms with van der Waals surface area (Å²) in [5, 5.41) is 4.61. The highest BCUT2D eigenvalue weighted by atomic mass is 19.1. The summed E-state index contributed by atoms with van der Waals surface area (Å²) in [7, 11) is 0. The molecule has 0 aliphatic carbocycles. The maximum Gasteiger partial charge on any atom is 0.256 e. The summed E-state index contributed by atoms with van der Waals surface area (Å²) in [5.74, 6) is -3.60. The summed E-state index contributed by atoms with van der Waals surface area (Å²) in [6, 6.07) is 2.11. The summed E-state index contributed by atoms with van der Waals surface area (Å²) in [5.41, 5.74) is 4.46. The summed E-state index contributed by atoms with van der Waals surface area (Å²) in [6.45, 7) is 5.20. The van der Waals surface area contributed by atoms with Gasteiger partial charge in [-0.25, -0.2) is 4.39 Å². The third kappa shape index (κ3) is 5.03. The SMILES string of the molecule is CC(C)(C)C(=O)N[C@@H](C(N)=O)C(=O)Nc1ccc(N2CCOCC2=O)c(F)c1. The second kappa shape index (κ2) is 8.34. The van der Waals surface area contributed by atoms with E-state index in [2.05, 4.69) is 10.6 Å². The van der Waals surface area contributed by atoms with Crippen LogP contribution in [0.3, 0.4) is 0 Å². The number of nitrogens with one attached hydrogen (secondary N) is 2. The number of rotatable bonds is 5. The van der Waals surface area contributed by atoms with Crippen LogP contribution in [0.1, 0.15) is 20.8 Å². The zero-order valence-electron chi connectivity index (χ0n) is 15.9. The van der Waals surface area contributed by atoms with E-state index < -0.39 is 35.0 Å². The van der Waals surface area contributed by atoms with Crippen LogP contribution < -0.4 is 21.3 Å². The van der Waals surface area contributed by atoms with Crippen molar-refractivity contribution in [3.05, 3.63) is 24.0 Å². The van der Waals surface area contributed by atoms with Crippen LogP contribution in [0.25, 0.3) is 0 Å². The van der Waals surface area contributed by atoms with E-state index in [0.29, 0.717) is 0 Å². The molecule has 0 aromatic heterocycles. The Hall–Kier alpha value is -3.01. The van der Waals surface area contributed by atoms with E-state index in [9.17, 15) is 23.6 Å². The third-order valence-electron chi connectivity index (χ3n) is 4.00. The van der Waals surface area contributed by atoms with Crippen LogP contribution in [-0.2, 0) is 23.9 Å². The van der Waals surface area contributed by atoms with E-state index in [1.165, 1.54) is 17.0 Å². The van der Waals surface area contributed by atoms with Crippen molar-refractivity contribution < 1.29 is 28.3 Å². The first-order valence-electron chi connectivity index (χ1n) is 8.59. The second-order valence-corrected chi connectivity index (χ2v) is 7.31. The first-order chi connectivity index (χ1) is 13.0. The van der Waals surface area contributed by atoms with Gasteiger partial charge in [0, 0.05) is 17.6 Å². The Labute approximate surface area is 161 Å². The van der Waals surface area contributed by atoms with Crippen LogP contribution in [0, 0.1) is 11.2 Å². The van der Waals surface area contributed by atoms with Gasteiger partial charge in [-0.05, 0) is 18.2 Å². The average Bonchev–Trinajstić information content (AvgIpc) is 2.59. The van der Waals surface area contributed by atoms with E-state index >= 15 is 0 Å². The van der Waals surface area contributed by atoms with Crippen LogP contribution in [0.5, 0.6) is 0 Å². The molecule has 1 heterocycles. The van der Waals surface area contributed by atoms with E-state index in [-0.39, 0.29) is 37.0 Å². The van der Waals surface area contributed by atoms with E-state index in [1.807, 2.05) is 0 Å². The molecule has 4 N–H and O–H groups in total. The van der Waals surface area contributed by atoms with Crippen LogP contribution in [-0.4, -0.2) is 49.4 Å². The molecule has 4 amide bonds. The van der Waals surface area contributed by atoms with Gasteiger partial charge in [0.15, 0.2) is 6.04 Å². The third-order valence-corrected chi connectivity index (χ3v) is 4.00. The van der Waals surface area contributed by atoms with Crippen molar-refractivity contribution in [1.82, 2.24) is 5.32 Å². The molecule has 1 aliphatic rings. The zero-order valence-corrected chi connectivity index (χ0v) is 15.9. The van der Waals surface area contributed by atoms with Crippen molar-refractivity contribution in [2.75, 3.05) is 30.0 Å². The minimum Gasteiger partial charge on any atom is -0.370 e. The van der Waals surface area contributed by atoms with Crippen LogP contribution in [0.15, 0.2) is 18.2 Å². The van der Waals surface area contributed by atoms with Crippen molar-refractivity contribution in [2.24, 2.45) is 11.1 Å². The van der Waals surface area contributed by atoms with Gasteiger partial charge < -0.3 is 26.0 Å². The smallest absolute Gasteiger partial charge is 0.256 e. The molecule has 10 heteroatoms. The number of halogens is 1. The monoisotopic (exact) mass is 394 g/mol. The zero-order chi connectivity index (χ0) is 21.1. The fraction of sp³-hybridized carbons (Fsp3) is 0.444. The van der Waals surface area contributed by atoms with E-state index in [1.54, 1.807) is 20.8 Å². The molecular formula is C18H23FN4O5. The number of carbonyl (C=O) groups is 4. The molecule has 0 spiro atoms. The maximum absolute atomic E-state index is 14.4. The Balaban J connectivity index is 2.14. The molecule has 2 rings (SSSR count). The number of hydrogen-bond acceptors (Lipinski definition) is 5. The molecule has 1 atom stereocenters. The van der Waals surface area contributed by atoms with Gasteiger partial charge in [-0.15, -0.1) is 0 Å². The normalized spacial score (nSPS) is 15.7. The highest BCUT2D eigenvalue weighted by molar-refractivity contribution is 6.11. The Bertz CT molecular complexity index is 806. The fourth-order valence-corrected chi connectivity index (χ4v) is 2.40. The Kier molecular flexibility index (Phi) is 6.34. The van der Waals surface area contributed by atoms with Crippen LogP contribution in [0.4, 0.5) is 15.8 Å². The summed E-state index contributed by atoms with van der Waals surface area (Å²) in [6.07, 6.45) is 0. The number of nitrogens with two attached hydrogens (primary N) is 1. The number of primary amides is 1. The quantitative estimate of drug-likeness (QED) is 0.612. The van der Waals surface area contributed by atoms with Crippen LogP contribution >= 0.6 is 0 Å². The minimum atomic E-state index is -1.62. The van der Waals surface area contributed by atoms with Crippen molar-refractivity contribution >= 4 is 35.0 Å². The van der Waals surface area contributed by atoms with E-state index in [4.69, 9.17) is 10.5 Å². The number of nitrogens with zero attached hydrogens (tertiary/aromatic N) is 1. The van der Waals surface area contributed by atoms with Gasteiger partial charge in [-0.3, -0.25) is 19.2 Å². The van der Waals surface area contributed by atoms with Crippen LogP contribution in [0.2, 0.25) is 0 Å². The highest BCUT2D eigenvalue weighted by Gasteiger charge is 2.31. The van der Waals surface area contributed by atoms with Gasteiger partial charge >= 0.3 is 0 Å². The molecular weight excluding hydrogens is 371 g/mol. The highest BCUT2D eigenvalue weighted by Crippen LogP contribution is 2.24. The Morgan fingerprint density at radius 3 is 2.50 bits per heavy atom. The van der Waals surface area contributed by atoms with Gasteiger partial charge in [0.2, 0.25) is 11.8 Å². The number of amides is 4. The summed E-state index contributed by atoms with van der Waals surface area (Å²) < 4.78 is 19.4. The molecule has 0 radical (unpaired) electrons. The van der Waals surface area contributed by atoms with Gasteiger partial charge in [0.25, 0.3) is 11.8 Å². The average molecular weight is 394 g/mol. The number of carbonyl (C=O) groups excluding carboxylic acids is 4. The topological polar surface area (TPSA) is 131 Å². The first-order valence-corrected chi connectivity index (χ1v) is 8.59. The van der Waals surface area contributed by atoms with E-state index in [0.717, 1.165) is 6.07 Å². The summed E-state index contributed by atoms with van der Waals surface area (Å²) >= 11 is 0. The molecule has 1 aliphatic heterocycles.